The number of nitrogens with zero attached hydrogens (tertiary/aromatic N) is 1. The van der Waals surface area contributed by atoms with Gasteiger partial charge in [-0.05, 0) is 30.4 Å². The van der Waals surface area contributed by atoms with E-state index in [4.69, 9.17) is 4.74 Å². The lowest BCUT2D eigenvalue weighted by molar-refractivity contribution is 0.0355. The third-order valence-corrected chi connectivity index (χ3v) is 4.01. The first kappa shape index (κ1) is 13.3. The zero-order chi connectivity index (χ0) is 11.3. The zero-order valence-electron chi connectivity index (χ0n) is 10.3. The molecule has 1 atom stereocenters. The summed E-state index contributed by atoms with van der Waals surface area (Å²) in [4.78, 5) is 2.57. The molecule has 0 aliphatic carbocycles. The van der Waals surface area contributed by atoms with E-state index in [0.29, 0.717) is 6.10 Å². The smallest absolute Gasteiger partial charge is 0.0595 e. The van der Waals surface area contributed by atoms with E-state index in [9.17, 15) is 0 Å². The lowest BCUT2D eigenvalue weighted by Crippen LogP contribution is -2.40. The lowest BCUT2D eigenvalue weighted by atomic mass is 9.96. The summed E-state index contributed by atoms with van der Waals surface area (Å²) >= 11 is 4.44. The van der Waals surface area contributed by atoms with Crippen molar-refractivity contribution in [2.24, 2.45) is 11.8 Å². The van der Waals surface area contributed by atoms with Crippen molar-refractivity contribution in [3.8, 4) is 0 Å². The first-order chi connectivity index (χ1) is 7.17. The molecule has 1 saturated heterocycles. The number of methoxy groups -OCH3 is 1. The summed E-state index contributed by atoms with van der Waals surface area (Å²) in [6.07, 6.45) is 2.87. The fourth-order valence-electron chi connectivity index (χ4n) is 2.14. The fourth-order valence-corrected chi connectivity index (χ4v) is 2.68. The highest BCUT2D eigenvalue weighted by Crippen LogP contribution is 2.18. The number of likely N-dealkylation sites (tertiary alicyclic amines) is 1. The average Bonchev–Trinajstić information content (AvgIpc) is 2.26. The molecule has 1 aliphatic heterocycles. The van der Waals surface area contributed by atoms with Crippen LogP contribution in [0, 0.1) is 11.8 Å². The number of piperidine rings is 1. The van der Waals surface area contributed by atoms with Crippen LogP contribution in [-0.2, 0) is 4.74 Å². The van der Waals surface area contributed by atoms with Crippen LogP contribution in [0.4, 0.5) is 0 Å². The van der Waals surface area contributed by atoms with Gasteiger partial charge in [0.05, 0.1) is 6.10 Å². The molecule has 0 N–H and O–H groups in total. The molecule has 0 radical (unpaired) electrons. The average molecular weight is 231 g/mol. The maximum atomic E-state index is 5.38. The topological polar surface area (TPSA) is 12.5 Å². The molecule has 0 aromatic carbocycles. The number of ether oxygens (including phenoxy) is 1. The molecule has 3 heteroatoms. The number of hydrogen-bond donors (Lipinski definition) is 1. The van der Waals surface area contributed by atoms with E-state index in [2.05, 4.69) is 31.4 Å². The first-order valence-corrected chi connectivity index (χ1v) is 6.66. The van der Waals surface area contributed by atoms with Crippen molar-refractivity contribution in [1.82, 2.24) is 4.90 Å². The molecule has 2 nitrogen and oxygen atoms in total. The third kappa shape index (κ3) is 4.33. The zero-order valence-corrected chi connectivity index (χ0v) is 11.2. The van der Waals surface area contributed by atoms with E-state index in [0.717, 1.165) is 17.6 Å². The van der Waals surface area contributed by atoms with Crippen molar-refractivity contribution in [3.05, 3.63) is 0 Å². The summed E-state index contributed by atoms with van der Waals surface area (Å²) in [6.45, 7) is 8.17. The van der Waals surface area contributed by atoms with Gasteiger partial charge in [-0.2, -0.15) is 12.6 Å². The highest BCUT2D eigenvalue weighted by atomic mass is 32.1. The quantitative estimate of drug-likeness (QED) is 0.729. The maximum absolute atomic E-state index is 5.38. The first-order valence-electron chi connectivity index (χ1n) is 6.03. The second kappa shape index (κ2) is 6.77. The van der Waals surface area contributed by atoms with E-state index in [-0.39, 0.29) is 0 Å². The normalized spacial score (nSPS) is 22.2. The van der Waals surface area contributed by atoms with Crippen LogP contribution in [0.15, 0.2) is 0 Å². The third-order valence-electron chi connectivity index (χ3n) is 3.54. The van der Waals surface area contributed by atoms with Crippen LogP contribution in [0.1, 0.15) is 26.7 Å². The summed E-state index contributed by atoms with van der Waals surface area (Å²) in [5, 5.41) is 0. The summed E-state index contributed by atoms with van der Waals surface area (Å²) in [7, 11) is 1.82. The predicted molar refractivity (Wildman–Crippen MR) is 68.7 cm³/mol. The van der Waals surface area contributed by atoms with Crippen molar-refractivity contribution >= 4 is 12.6 Å². The van der Waals surface area contributed by atoms with Gasteiger partial charge in [0.2, 0.25) is 0 Å². The van der Waals surface area contributed by atoms with Crippen molar-refractivity contribution in [3.63, 3.8) is 0 Å². The van der Waals surface area contributed by atoms with E-state index in [1.165, 1.54) is 32.5 Å². The molecule has 0 aromatic heterocycles. The minimum absolute atomic E-state index is 0.495. The largest absolute Gasteiger partial charge is 0.381 e. The summed E-state index contributed by atoms with van der Waals surface area (Å²) in [5.74, 6) is 2.47. The highest BCUT2D eigenvalue weighted by molar-refractivity contribution is 7.80. The van der Waals surface area contributed by atoms with Crippen LogP contribution in [0.3, 0.4) is 0 Å². The van der Waals surface area contributed by atoms with E-state index < -0.39 is 0 Å². The Hall–Kier alpha value is 0.270. The molecular weight excluding hydrogens is 206 g/mol. The van der Waals surface area contributed by atoms with E-state index in [1.54, 1.807) is 0 Å². The van der Waals surface area contributed by atoms with Gasteiger partial charge in [0.15, 0.2) is 0 Å². The molecule has 1 fully saturated rings. The van der Waals surface area contributed by atoms with Gasteiger partial charge in [0.25, 0.3) is 0 Å². The Bertz CT molecular complexity index is 167. The summed E-state index contributed by atoms with van der Waals surface area (Å²) in [5.41, 5.74) is 0. The SMILES string of the molecule is COC1CCN(CC(CS)C(C)C)CC1. The van der Waals surface area contributed by atoms with Gasteiger partial charge in [-0.3, -0.25) is 0 Å². The minimum atomic E-state index is 0.495. The highest BCUT2D eigenvalue weighted by Gasteiger charge is 2.22. The Morgan fingerprint density at radius 1 is 1.33 bits per heavy atom. The molecule has 1 heterocycles. The molecule has 0 bridgehead atoms. The molecular formula is C12H25NOS. The van der Waals surface area contributed by atoms with Crippen LogP contribution in [0.25, 0.3) is 0 Å². The number of hydrogen-bond acceptors (Lipinski definition) is 3. The molecule has 0 saturated carbocycles. The van der Waals surface area contributed by atoms with Crippen molar-refractivity contribution in [1.29, 1.82) is 0 Å². The maximum Gasteiger partial charge on any atom is 0.0595 e. The summed E-state index contributed by atoms with van der Waals surface area (Å²) in [6, 6.07) is 0. The Morgan fingerprint density at radius 2 is 1.93 bits per heavy atom. The van der Waals surface area contributed by atoms with Crippen molar-refractivity contribution < 1.29 is 4.74 Å². The molecule has 0 amide bonds. The molecule has 1 rings (SSSR count). The van der Waals surface area contributed by atoms with Crippen LogP contribution < -0.4 is 0 Å². The number of thiol groups is 1. The molecule has 1 unspecified atom stereocenters. The van der Waals surface area contributed by atoms with E-state index >= 15 is 0 Å². The van der Waals surface area contributed by atoms with Gasteiger partial charge in [-0.25, -0.2) is 0 Å². The van der Waals surface area contributed by atoms with Gasteiger partial charge >= 0.3 is 0 Å². The van der Waals surface area contributed by atoms with Gasteiger partial charge < -0.3 is 9.64 Å². The lowest BCUT2D eigenvalue weighted by Gasteiger charge is -2.34. The predicted octanol–water partition coefficient (Wildman–Crippen LogP) is 2.30. The summed E-state index contributed by atoms with van der Waals surface area (Å²) < 4.78 is 5.38. The van der Waals surface area contributed by atoms with Gasteiger partial charge in [-0.1, -0.05) is 13.8 Å². The van der Waals surface area contributed by atoms with E-state index in [1.807, 2.05) is 7.11 Å². The van der Waals surface area contributed by atoms with Crippen molar-refractivity contribution in [2.75, 3.05) is 32.5 Å². The Labute approximate surface area is 99.8 Å². The van der Waals surface area contributed by atoms with Crippen LogP contribution in [0.5, 0.6) is 0 Å². The van der Waals surface area contributed by atoms with Crippen LogP contribution >= 0.6 is 12.6 Å². The standard InChI is InChI=1S/C12H25NOS/c1-10(2)11(9-15)8-13-6-4-12(14-3)5-7-13/h10-12,15H,4-9H2,1-3H3. The number of rotatable bonds is 5. The van der Waals surface area contributed by atoms with Crippen LogP contribution in [0.2, 0.25) is 0 Å². The molecule has 1 aliphatic rings. The monoisotopic (exact) mass is 231 g/mol. The second-order valence-electron chi connectivity index (χ2n) is 4.92. The van der Waals surface area contributed by atoms with Gasteiger partial charge in [0, 0.05) is 26.7 Å². The Kier molecular flexibility index (Phi) is 6.02. The molecule has 90 valence electrons. The fraction of sp³-hybridized carbons (Fsp3) is 1.00. The van der Waals surface area contributed by atoms with Gasteiger partial charge in [0.1, 0.15) is 0 Å². The Morgan fingerprint density at radius 3 is 2.33 bits per heavy atom. The molecule has 0 spiro atoms. The van der Waals surface area contributed by atoms with Gasteiger partial charge in [-0.15, -0.1) is 0 Å². The van der Waals surface area contributed by atoms with Crippen LogP contribution in [-0.4, -0.2) is 43.5 Å². The Balaban J connectivity index is 2.28. The second-order valence-corrected chi connectivity index (χ2v) is 5.29. The molecule has 15 heavy (non-hydrogen) atoms. The molecule has 0 aromatic rings. The minimum Gasteiger partial charge on any atom is -0.381 e. The van der Waals surface area contributed by atoms with Crippen molar-refractivity contribution in [2.45, 2.75) is 32.8 Å².